The molecule has 1 aromatic rings. The number of nitro groups is 1. The molecule has 1 rings (SSSR count). The van der Waals surface area contributed by atoms with Gasteiger partial charge in [0.2, 0.25) is 6.54 Å². The summed E-state index contributed by atoms with van der Waals surface area (Å²) in [5.41, 5.74) is 0.314. The lowest BCUT2D eigenvalue weighted by Gasteiger charge is -2.08. The summed E-state index contributed by atoms with van der Waals surface area (Å²) >= 11 is 0. The third-order valence-corrected chi connectivity index (χ3v) is 1.47. The van der Waals surface area contributed by atoms with Crippen molar-refractivity contribution >= 4 is 0 Å². The van der Waals surface area contributed by atoms with Crippen molar-refractivity contribution in [3.8, 4) is 5.75 Å². The Kier molecular flexibility index (Phi) is 3.13. The van der Waals surface area contributed by atoms with Crippen LogP contribution in [0.1, 0.15) is 5.56 Å². The molecule has 0 fully saturated rings. The van der Waals surface area contributed by atoms with Crippen molar-refractivity contribution < 1.29 is 22.8 Å². The number of hydrogen-bond acceptors (Lipinski definition) is 3. The number of halogens is 3. The molecular weight excluding hydrogens is 215 g/mol. The fourth-order valence-electron chi connectivity index (χ4n) is 0.946. The van der Waals surface area contributed by atoms with Crippen LogP contribution in [-0.4, -0.2) is 11.3 Å². The van der Waals surface area contributed by atoms with Crippen LogP contribution in [-0.2, 0) is 6.54 Å². The third-order valence-electron chi connectivity index (χ3n) is 1.47. The highest BCUT2D eigenvalue weighted by molar-refractivity contribution is 5.26. The van der Waals surface area contributed by atoms with E-state index in [1.165, 1.54) is 12.1 Å². The smallest absolute Gasteiger partial charge is 0.406 e. The van der Waals surface area contributed by atoms with Crippen LogP contribution in [0.4, 0.5) is 13.2 Å². The van der Waals surface area contributed by atoms with Crippen molar-refractivity contribution in [1.29, 1.82) is 0 Å². The Labute approximate surface area is 82.4 Å². The molecule has 0 atom stereocenters. The van der Waals surface area contributed by atoms with Gasteiger partial charge in [0.15, 0.2) is 0 Å². The standard InChI is InChI=1S/C8H6F3NO3/c9-8(10,11)15-7-3-1-6(2-4-7)5-12(13)14/h1-4H,5H2. The van der Waals surface area contributed by atoms with E-state index in [0.29, 0.717) is 5.56 Å². The molecule has 82 valence electrons. The van der Waals surface area contributed by atoms with Gasteiger partial charge in [0.1, 0.15) is 5.75 Å². The molecule has 0 aliphatic rings. The summed E-state index contributed by atoms with van der Waals surface area (Å²) in [6, 6.07) is 4.49. The highest BCUT2D eigenvalue weighted by atomic mass is 19.4. The molecule has 0 N–H and O–H groups in total. The SMILES string of the molecule is O=[N+]([O-])Cc1ccc(OC(F)(F)F)cc1. The van der Waals surface area contributed by atoms with Crippen LogP contribution in [0, 0.1) is 10.1 Å². The summed E-state index contributed by atoms with van der Waals surface area (Å²) in [7, 11) is 0. The van der Waals surface area contributed by atoms with Gasteiger partial charge in [-0.15, -0.1) is 13.2 Å². The van der Waals surface area contributed by atoms with Crippen molar-refractivity contribution in [2.45, 2.75) is 12.9 Å². The Morgan fingerprint density at radius 2 is 1.80 bits per heavy atom. The Balaban J connectivity index is 2.68. The van der Waals surface area contributed by atoms with Crippen molar-refractivity contribution in [2.75, 3.05) is 0 Å². The van der Waals surface area contributed by atoms with Crippen LogP contribution in [0.3, 0.4) is 0 Å². The van der Waals surface area contributed by atoms with Gasteiger partial charge in [-0.1, -0.05) is 0 Å². The molecule has 0 aliphatic heterocycles. The first-order valence-electron chi connectivity index (χ1n) is 3.83. The quantitative estimate of drug-likeness (QED) is 0.581. The van der Waals surface area contributed by atoms with E-state index in [2.05, 4.69) is 4.74 Å². The third kappa shape index (κ3) is 4.30. The minimum Gasteiger partial charge on any atom is -0.406 e. The maximum Gasteiger partial charge on any atom is 0.573 e. The maximum atomic E-state index is 11.7. The largest absolute Gasteiger partial charge is 0.573 e. The lowest BCUT2D eigenvalue weighted by atomic mass is 10.2. The minimum atomic E-state index is -4.75. The molecule has 0 unspecified atom stereocenters. The van der Waals surface area contributed by atoms with Gasteiger partial charge in [-0.2, -0.15) is 0 Å². The van der Waals surface area contributed by atoms with Crippen LogP contribution in [0.2, 0.25) is 0 Å². The molecule has 0 spiro atoms. The van der Waals surface area contributed by atoms with Gasteiger partial charge < -0.3 is 4.74 Å². The van der Waals surface area contributed by atoms with Gasteiger partial charge in [0, 0.05) is 10.5 Å². The predicted octanol–water partition coefficient (Wildman–Crippen LogP) is 2.36. The monoisotopic (exact) mass is 221 g/mol. The Morgan fingerprint density at radius 3 is 2.20 bits per heavy atom. The molecule has 1 aromatic carbocycles. The second-order valence-corrected chi connectivity index (χ2v) is 2.68. The summed E-state index contributed by atoms with van der Waals surface area (Å²) in [5.74, 6) is -0.394. The number of benzene rings is 1. The van der Waals surface area contributed by atoms with Gasteiger partial charge in [-0.3, -0.25) is 10.1 Å². The van der Waals surface area contributed by atoms with Crippen LogP contribution in [0.15, 0.2) is 24.3 Å². The maximum absolute atomic E-state index is 11.7. The van der Waals surface area contributed by atoms with E-state index >= 15 is 0 Å². The lowest BCUT2D eigenvalue weighted by Crippen LogP contribution is -2.17. The van der Waals surface area contributed by atoms with Crippen LogP contribution >= 0.6 is 0 Å². The molecule has 0 saturated heterocycles. The van der Waals surface area contributed by atoms with Crippen molar-refractivity contribution in [3.63, 3.8) is 0 Å². The fourth-order valence-corrected chi connectivity index (χ4v) is 0.946. The molecular formula is C8H6F3NO3. The topological polar surface area (TPSA) is 52.4 Å². The molecule has 0 aromatic heterocycles. The predicted molar refractivity (Wildman–Crippen MR) is 43.8 cm³/mol. The Bertz CT molecular complexity index is 347. The number of hydrogen-bond donors (Lipinski definition) is 0. The normalized spacial score (nSPS) is 11.1. The van der Waals surface area contributed by atoms with E-state index in [1.54, 1.807) is 0 Å². The number of alkyl halides is 3. The molecule has 4 nitrogen and oxygen atoms in total. The van der Waals surface area contributed by atoms with E-state index in [1.807, 2.05) is 0 Å². The molecule has 0 amide bonds. The molecule has 0 saturated carbocycles. The van der Waals surface area contributed by atoms with Crippen LogP contribution in [0.5, 0.6) is 5.75 Å². The first-order valence-corrected chi connectivity index (χ1v) is 3.83. The van der Waals surface area contributed by atoms with E-state index < -0.39 is 23.6 Å². The van der Waals surface area contributed by atoms with E-state index in [0.717, 1.165) is 12.1 Å². The van der Waals surface area contributed by atoms with Gasteiger partial charge in [0.25, 0.3) is 0 Å². The van der Waals surface area contributed by atoms with E-state index in [4.69, 9.17) is 0 Å². The van der Waals surface area contributed by atoms with E-state index in [-0.39, 0.29) is 0 Å². The van der Waals surface area contributed by atoms with Gasteiger partial charge in [-0.05, 0) is 24.3 Å². The summed E-state index contributed by atoms with van der Waals surface area (Å²) in [4.78, 5) is 9.51. The number of rotatable bonds is 3. The molecule has 15 heavy (non-hydrogen) atoms. The zero-order valence-electron chi connectivity index (χ0n) is 7.32. The second kappa shape index (κ2) is 4.16. The fraction of sp³-hybridized carbons (Fsp3) is 0.250. The Hall–Kier alpha value is -1.79. The zero-order valence-corrected chi connectivity index (χ0v) is 7.32. The first kappa shape index (κ1) is 11.3. The highest BCUT2D eigenvalue weighted by Gasteiger charge is 2.30. The summed E-state index contributed by atoms with van der Waals surface area (Å²) in [6.45, 7) is -0.424. The molecule has 7 heteroatoms. The number of ether oxygens (including phenoxy) is 1. The highest BCUT2D eigenvalue weighted by Crippen LogP contribution is 2.22. The molecule has 0 aliphatic carbocycles. The summed E-state index contributed by atoms with van der Waals surface area (Å²) < 4.78 is 38.8. The van der Waals surface area contributed by atoms with Crippen molar-refractivity contribution in [2.24, 2.45) is 0 Å². The number of nitrogens with zero attached hydrogens (tertiary/aromatic N) is 1. The van der Waals surface area contributed by atoms with E-state index in [9.17, 15) is 23.3 Å². The molecule has 0 bridgehead atoms. The molecule has 0 heterocycles. The van der Waals surface area contributed by atoms with Crippen LogP contribution in [0.25, 0.3) is 0 Å². The minimum absolute atomic E-state index is 0.314. The van der Waals surface area contributed by atoms with Crippen molar-refractivity contribution in [1.82, 2.24) is 0 Å². The van der Waals surface area contributed by atoms with Gasteiger partial charge >= 0.3 is 6.36 Å². The average molecular weight is 221 g/mol. The average Bonchev–Trinajstić information content (AvgIpc) is 2.05. The summed E-state index contributed by atoms with van der Waals surface area (Å²) in [6.07, 6.45) is -4.75. The van der Waals surface area contributed by atoms with Crippen LogP contribution < -0.4 is 4.74 Å². The molecule has 0 radical (unpaired) electrons. The second-order valence-electron chi connectivity index (χ2n) is 2.68. The van der Waals surface area contributed by atoms with Gasteiger partial charge in [-0.25, -0.2) is 0 Å². The Morgan fingerprint density at radius 1 is 1.27 bits per heavy atom. The lowest BCUT2D eigenvalue weighted by molar-refractivity contribution is -0.496. The first-order chi connectivity index (χ1) is 6.87. The van der Waals surface area contributed by atoms with Gasteiger partial charge in [0.05, 0.1) is 0 Å². The summed E-state index contributed by atoms with van der Waals surface area (Å²) in [5, 5.41) is 10.1. The zero-order chi connectivity index (χ0) is 11.5. The van der Waals surface area contributed by atoms with Crippen molar-refractivity contribution in [3.05, 3.63) is 39.9 Å².